The summed E-state index contributed by atoms with van der Waals surface area (Å²) in [5.41, 5.74) is 9.38. The summed E-state index contributed by atoms with van der Waals surface area (Å²) in [6, 6.07) is 9.03. The maximum Gasteiger partial charge on any atom is 0.0713 e. The van der Waals surface area contributed by atoms with Gasteiger partial charge in [0.25, 0.3) is 0 Å². The number of hydrogen-bond acceptors (Lipinski definition) is 2. The SMILES string of the molecule is CCc1cccc(CC)c1-c1cc(C)c(CN2CCCCCC2)c(C)n1. The molecular weight excluding hydrogens is 316 g/mol. The molecule has 0 unspecified atom stereocenters. The molecule has 2 heteroatoms. The highest BCUT2D eigenvalue weighted by Gasteiger charge is 2.16. The van der Waals surface area contributed by atoms with E-state index in [1.54, 1.807) is 0 Å². The predicted octanol–water partition coefficient (Wildman–Crippen LogP) is 5.87. The minimum atomic E-state index is 1.05. The Morgan fingerprint density at radius 2 is 1.54 bits per heavy atom. The second kappa shape index (κ2) is 8.81. The predicted molar refractivity (Wildman–Crippen MR) is 112 cm³/mol. The van der Waals surface area contributed by atoms with Gasteiger partial charge in [0.15, 0.2) is 0 Å². The van der Waals surface area contributed by atoms with Gasteiger partial charge in [-0.1, -0.05) is 44.9 Å². The molecule has 1 fully saturated rings. The normalized spacial score (nSPS) is 15.8. The second-order valence-corrected chi connectivity index (χ2v) is 7.74. The van der Waals surface area contributed by atoms with Crippen molar-refractivity contribution in [2.75, 3.05) is 13.1 Å². The average Bonchev–Trinajstić information content (AvgIpc) is 2.92. The molecule has 0 N–H and O–H groups in total. The summed E-state index contributed by atoms with van der Waals surface area (Å²) < 4.78 is 0. The maximum atomic E-state index is 5.08. The van der Waals surface area contributed by atoms with E-state index in [0.29, 0.717) is 0 Å². The summed E-state index contributed by atoms with van der Waals surface area (Å²) in [6.45, 7) is 12.5. The molecule has 0 spiro atoms. The number of pyridine rings is 1. The van der Waals surface area contributed by atoms with Gasteiger partial charge in [-0.2, -0.15) is 0 Å². The number of benzene rings is 1. The molecule has 1 aliphatic heterocycles. The molecule has 0 atom stereocenters. The zero-order valence-corrected chi connectivity index (χ0v) is 17.1. The minimum Gasteiger partial charge on any atom is -0.299 e. The Labute approximate surface area is 159 Å². The summed E-state index contributed by atoms with van der Waals surface area (Å²) >= 11 is 0. The van der Waals surface area contributed by atoms with E-state index in [4.69, 9.17) is 4.98 Å². The fourth-order valence-corrected chi connectivity index (χ4v) is 4.31. The van der Waals surface area contributed by atoms with Crippen LogP contribution in [0.3, 0.4) is 0 Å². The number of nitrogens with zero attached hydrogens (tertiary/aromatic N) is 2. The van der Waals surface area contributed by atoms with Crippen LogP contribution in [0.2, 0.25) is 0 Å². The van der Waals surface area contributed by atoms with E-state index in [1.807, 2.05) is 0 Å². The molecular formula is C24H34N2. The van der Waals surface area contributed by atoms with E-state index in [0.717, 1.165) is 25.1 Å². The first kappa shape index (κ1) is 19.1. The van der Waals surface area contributed by atoms with Crippen LogP contribution in [-0.4, -0.2) is 23.0 Å². The van der Waals surface area contributed by atoms with Crippen molar-refractivity contribution in [2.24, 2.45) is 0 Å². The minimum absolute atomic E-state index is 1.05. The summed E-state index contributed by atoms with van der Waals surface area (Å²) in [5, 5.41) is 0. The Bertz CT molecular complexity index is 695. The molecule has 0 amide bonds. The van der Waals surface area contributed by atoms with Crippen LogP contribution in [-0.2, 0) is 19.4 Å². The van der Waals surface area contributed by atoms with Crippen molar-refractivity contribution in [1.82, 2.24) is 9.88 Å². The lowest BCUT2D eigenvalue weighted by atomic mass is 9.93. The molecule has 2 aromatic rings. The largest absolute Gasteiger partial charge is 0.299 e. The highest BCUT2D eigenvalue weighted by atomic mass is 15.1. The number of aryl methyl sites for hydroxylation is 4. The van der Waals surface area contributed by atoms with Crippen molar-refractivity contribution >= 4 is 0 Å². The molecule has 26 heavy (non-hydrogen) atoms. The van der Waals surface area contributed by atoms with Gasteiger partial charge in [0.05, 0.1) is 5.69 Å². The molecule has 0 aliphatic carbocycles. The molecule has 0 saturated carbocycles. The lowest BCUT2D eigenvalue weighted by Crippen LogP contribution is -2.25. The number of aromatic nitrogens is 1. The first-order valence-electron chi connectivity index (χ1n) is 10.4. The van der Waals surface area contributed by atoms with Crippen molar-refractivity contribution in [3.63, 3.8) is 0 Å². The van der Waals surface area contributed by atoms with Crippen molar-refractivity contribution in [3.8, 4) is 11.3 Å². The first-order chi connectivity index (χ1) is 12.6. The molecule has 140 valence electrons. The van der Waals surface area contributed by atoms with Crippen molar-refractivity contribution in [2.45, 2.75) is 72.8 Å². The Balaban J connectivity index is 1.95. The smallest absolute Gasteiger partial charge is 0.0713 e. The van der Waals surface area contributed by atoms with E-state index in [9.17, 15) is 0 Å². The molecule has 2 nitrogen and oxygen atoms in total. The zero-order valence-electron chi connectivity index (χ0n) is 17.1. The van der Waals surface area contributed by atoms with Crippen molar-refractivity contribution < 1.29 is 0 Å². The van der Waals surface area contributed by atoms with Gasteiger partial charge in [0.1, 0.15) is 0 Å². The topological polar surface area (TPSA) is 16.1 Å². The lowest BCUT2D eigenvalue weighted by molar-refractivity contribution is 0.275. The summed E-state index contributed by atoms with van der Waals surface area (Å²) in [4.78, 5) is 7.71. The van der Waals surface area contributed by atoms with Crippen LogP contribution in [0.1, 0.15) is 67.5 Å². The molecule has 1 saturated heterocycles. The fraction of sp³-hybridized carbons (Fsp3) is 0.542. The maximum absolute atomic E-state index is 5.08. The van der Waals surface area contributed by atoms with Gasteiger partial charge in [-0.05, 0) is 80.9 Å². The van der Waals surface area contributed by atoms with Gasteiger partial charge in [-0.15, -0.1) is 0 Å². The van der Waals surface area contributed by atoms with E-state index in [2.05, 4.69) is 56.9 Å². The lowest BCUT2D eigenvalue weighted by Gasteiger charge is -2.23. The van der Waals surface area contributed by atoms with E-state index < -0.39 is 0 Å². The van der Waals surface area contributed by atoms with Crippen LogP contribution >= 0.6 is 0 Å². The molecule has 3 rings (SSSR count). The van der Waals surface area contributed by atoms with Gasteiger partial charge < -0.3 is 0 Å². The highest BCUT2D eigenvalue weighted by molar-refractivity contribution is 5.69. The van der Waals surface area contributed by atoms with Crippen LogP contribution in [0, 0.1) is 13.8 Å². The van der Waals surface area contributed by atoms with Crippen LogP contribution in [0.4, 0.5) is 0 Å². The highest BCUT2D eigenvalue weighted by Crippen LogP contribution is 2.30. The Kier molecular flexibility index (Phi) is 6.48. The number of rotatable bonds is 5. The van der Waals surface area contributed by atoms with Crippen molar-refractivity contribution in [1.29, 1.82) is 0 Å². The monoisotopic (exact) mass is 350 g/mol. The fourth-order valence-electron chi connectivity index (χ4n) is 4.31. The Morgan fingerprint density at radius 3 is 2.08 bits per heavy atom. The van der Waals surface area contributed by atoms with E-state index in [1.165, 1.54) is 72.3 Å². The van der Waals surface area contributed by atoms with Crippen LogP contribution in [0.5, 0.6) is 0 Å². The molecule has 0 radical (unpaired) electrons. The second-order valence-electron chi connectivity index (χ2n) is 7.74. The van der Waals surface area contributed by atoms with Crippen molar-refractivity contribution in [3.05, 3.63) is 52.2 Å². The molecule has 1 aromatic carbocycles. The first-order valence-corrected chi connectivity index (χ1v) is 10.4. The third-order valence-electron chi connectivity index (χ3n) is 5.89. The van der Waals surface area contributed by atoms with Gasteiger partial charge in [0.2, 0.25) is 0 Å². The standard InChI is InChI=1S/C24H34N2/c1-5-20-12-11-13-21(6-2)24(20)23-16-18(3)22(19(4)25-23)17-26-14-9-7-8-10-15-26/h11-13,16H,5-10,14-15,17H2,1-4H3. The summed E-state index contributed by atoms with van der Waals surface area (Å²) in [6.07, 6.45) is 7.57. The molecule has 1 aliphatic rings. The van der Waals surface area contributed by atoms with Gasteiger partial charge in [-0.25, -0.2) is 0 Å². The van der Waals surface area contributed by atoms with Crippen LogP contribution < -0.4 is 0 Å². The van der Waals surface area contributed by atoms with E-state index in [-0.39, 0.29) is 0 Å². The summed E-state index contributed by atoms with van der Waals surface area (Å²) in [5.74, 6) is 0. The quantitative estimate of drug-likeness (QED) is 0.671. The third kappa shape index (κ3) is 4.17. The third-order valence-corrected chi connectivity index (χ3v) is 5.89. The molecule has 1 aromatic heterocycles. The van der Waals surface area contributed by atoms with Crippen LogP contribution in [0.15, 0.2) is 24.3 Å². The number of hydrogen-bond donors (Lipinski definition) is 0. The van der Waals surface area contributed by atoms with E-state index >= 15 is 0 Å². The molecule has 0 bridgehead atoms. The zero-order chi connectivity index (χ0) is 18.5. The number of likely N-dealkylation sites (tertiary alicyclic amines) is 1. The van der Waals surface area contributed by atoms with Gasteiger partial charge in [0, 0.05) is 17.8 Å². The summed E-state index contributed by atoms with van der Waals surface area (Å²) in [7, 11) is 0. The molecule has 2 heterocycles. The Morgan fingerprint density at radius 1 is 0.923 bits per heavy atom. The van der Waals surface area contributed by atoms with Gasteiger partial charge >= 0.3 is 0 Å². The van der Waals surface area contributed by atoms with Crippen LogP contribution in [0.25, 0.3) is 11.3 Å². The van der Waals surface area contributed by atoms with Gasteiger partial charge in [-0.3, -0.25) is 9.88 Å². The average molecular weight is 351 g/mol. The Hall–Kier alpha value is -1.67.